The van der Waals surface area contributed by atoms with Crippen LogP contribution in [-0.4, -0.2) is 28.1 Å². The van der Waals surface area contributed by atoms with E-state index in [1.165, 1.54) is 0 Å². The van der Waals surface area contributed by atoms with E-state index >= 15 is 0 Å². The average molecular weight is 457 g/mol. The molecule has 0 aliphatic carbocycles. The number of aromatic nitrogens is 2. The summed E-state index contributed by atoms with van der Waals surface area (Å²) in [5, 5.41) is 20.1. The van der Waals surface area contributed by atoms with Crippen LogP contribution in [0, 0.1) is 0 Å². The van der Waals surface area contributed by atoms with Gasteiger partial charge in [0.15, 0.2) is 5.69 Å². The van der Waals surface area contributed by atoms with Crippen LogP contribution in [-0.2, 0) is 0 Å². The van der Waals surface area contributed by atoms with Crippen molar-refractivity contribution in [3.8, 4) is 22.9 Å². The maximum Gasteiger partial charge on any atom is 0.296 e. The second kappa shape index (κ2) is 8.37. The largest absolute Gasteiger partial charge is 0.497 e. The number of carbonyl (C=O) groups excluding carboxylic acids is 1. The van der Waals surface area contributed by atoms with Crippen molar-refractivity contribution in [1.82, 2.24) is 9.97 Å². The molecule has 0 spiro atoms. The average Bonchev–Trinajstić information content (AvgIpc) is 3.16. The van der Waals surface area contributed by atoms with Gasteiger partial charge in [0, 0.05) is 21.4 Å². The molecule has 2 aromatic heterocycles. The third-order valence-corrected chi connectivity index (χ3v) is 5.54. The minimum absolute atomic E-state index is 0.161. The number of para-hydroxylation sites is 1. The van der Waals surface area contributed by atoms with E-state index in [0.717, 1.165) is 5.56 Å². The second-order valence-corrected chi connectivity index (χ2v) is 7.75. The summed E-state index contributed by atoms with van der Waals surface area (Å²) in [6.07, 6.45) is 0. The van der Waals surface area contributed by atoms with Gasteiger partial charge in [0.05, 0.1) is 29.4 Å². The molecule has 0 aliphatic rings. The SMILES string of the molecule is COc1ccc2[nH]c(O)c(N=NC(=O)c3cc(-c4ccc(Cl)cc4)nc4ccccc34)c2c1. The lowest BCUT2D eigenvalue weighted by atomic mass is 10.0. The number of rotatable bonds is 4. The number of halogens is 1. The molecule has 7 nitrogen and oxygen atoms in total. The molecule has 2 heterocycles. The van der Waals surface area contributed by atoms with Crippen molar-refractivity contribution >= 4 is 45.0 Å². The van der Waals surface area contributed by atoms with Crippen molar-refractivity contribution in [3.05, 3.63) is 83.4 Å². The number of hydrogen-bond donors (Lipinski definition) is 2. The van der Waals surface area contributed by atoms with Gasteiger partial charge in [0.25, 0.3) is 5.91 Å². The van der Waals surface area contributed by atoms with Crippen LogP contribution in [0.1, 0.15) is 10.4 Å². The van der Waals surface area contributed by atoms with Gasteiger partial charge in [-0.3, -0.25) is 4.79 Å². The summed E-state index contributed by atoms with van der Waals surface area (Å²) < 4.78 is 5.24. The molecule has 5 rings (SSSR count). The molecule has 0 fully saturated rings. The number of methoxy groups -OCH3 is 1. The van der Waals surface area contributed by atoms with Gasteiger partial charge in [-0.1, -0.05) is 41.9 Å². The van der Waals surface area contributed by atoms with Crippen LogP contribution in [0.5, 0.6) is 11.6 Å². The number of hydrogen-bond acceptors (Lipinski definition) is 5. The Bertz CT molecular complexity index is 1540. The fourth-order valence-corrected chi connectivity index (χ4v) is 3.77. The number of ether oxygens (including phenoxy) is 1. The van der Waals surface area contributed by atoms with Gasteiger partial charge < -0.3 is 14.8 Å². The molecule has 3 aromatic carbocycles. The summed E-state index contributed by atoms with van der Waals surface area (Å²) in [5.74, 6) is -0.145. The van der Waals surface area contributed by atoms with E-state index < -0.39 is 5.91 Å². The first kappa shape index (κ1) is 20.7. The molecule has 0 bridgehead atoms. The second-order valence-electron chi connectivity index (χ2n) is 7.32. The first-order chi connectivity index (χ1) is 16.0. The number of amides is 1. The Kier molecular flexibility index (Phi) is 5.24. The summed E-state index contributed by atoms with van der Waals surface area (Å²) >= 11 is 6.01. The van der Waals surface area contributed by atoms with Crippen LogP contribution in [0.2, 0.25) is 5.02 Å². The number of pyridine rings is 1. The Morgan fingerprint density at radius 2 is 1.82 bits per heavy atom. The first-order valence-electron chi connectivity index (χ1n) is 10.0. The van der Waals surface area contributed by atoms with Crippen LogP contribution in [0.4, 0.5) is 5.69 Å². The van der Waals surface area contributed by atoms with E-state index in [4.69, 9.17) is 16.3 Å². The number of fused-ring (bicyclic) bond motifs is 2. The highest BCUT2D eigenvalue weighted by molar-refractivity contribution is 6.30. The van der Waals surface area contributed by atoms with Gasteiger partial charge in [0.2, 0.25) is 5.88 Å². The maximum atomic E-state index is 13.1. The molecule has 1 amide bonds. The number of aromatic amines is 1. The third kappa shape index (κ3) is 3.90. The molecule has 0 saturated carbocycles. The predicted octanol–water partition coefficient (Wildman–Crippen LogP) is 6.67. The standard InChI is InChI=1S/C25H17ClN4O3/c1-33-16-10-11-21-19(12-16)23(25(32)28-21)29-30-24(31)18-13-22(14-6-8-15(26)9-7-14)27-20-5-3-2-4-17(18)20/h2-13,28,32H,1H3. The van der Waals surface area contributed by atoms with Gasteiger partial charge in [-0.2, -0.15) is 0 Å². The lowest BCUT2D eigenvalue weighted by Crippen LogP contribution is -1.98. The highest BCUT2D eigenvalue weighted by atomic mass is 35.5. The zero-order valence-electron chi connectivity index (χ0n) is 17.4. The first-order valence-corrected chi connectivity index (χ1v) is 10.4. The Balaban J connectivity index is 1.59. The number of nitrogens with one attached hydrogen (secondary N) is 1. The zero-order chi connectivity index (χ0) is 22.9. The molecule has 0 unspecified atom stereocenters. The molecular weight excluding hydrogens is 440 g/mol. The highest BCUT2D eigenvalue weighted by Gasteiger charge is 2.16. The summed E-state index contributed by atoms with van der Waals surface area (Å²) in [4.78, 5) is 20.6. The number of aromatic hydroxyl groups is 1. The van der Waals surface area contributed by atoms with Crippen molar-refractivity contribution in [1.29, 1.82) is 0 Å². The number of H-pyrrole nitrogens is 1. The molecule has 0 atom stereocenters. The summed E-state index contributed by atoms with van der Waals surface area (Å²) in [6, 6.07) is 21.5. The molecule has 0 aliphatic heterocycles. The number of carbonyl (C=O) groups is 1. The molecule has 5 aromatic rings. The molecule has 0 radical (unpaired) electrons. The Morgan fingerprint density at radius 3 is 2.61 bits per heavy atom. The summed E-state index contributed by atoms with van der Waals surface area (Å²) in [7, 11) is 1.55. The maximum absolute atomic E-state index is 13.1. The van der Waals surface area contributed by atoms with Gasteiger partial charge in [-0.25, -0.2) is 4.98 Å². The third-order valence-electron chi connectivity index (χ3n) is 5.29. The molecule has 0 saturated heterocycles. The fraction of sp³-hybridized carbons (Fsp3) is 0.0400. The van der Waals surface area contributed by atoms with Gasteiger partial charge >= 0.3 is 0 Å². The Labute approximate surface area is 193 Å². The summed E-state index contributed by atoms with van der Waals surface area (Å²) in [6.45, 7) is 0. The van der Waals surface area contributed by atoms with E-state index in [1.54, 1.807) is 43.5 Å². The van der Waals surface area contributed by atoms with Crippen LogP contribution in [0.3, 0.4) is 0 Å². The van der Waals surface area contributed by atoms with E-state index in [0.29, 0.717) is 43.8 Å². The van der Waals surface area contributed by atoms with Crippen molar-refractivity contribution < 1.29 is 14.6 Å². The molecule has 33 heavy (non-hydrogen) atoms. The van der Waals surface area contributed by atoms with E-state index in [1.807, 2.05) is 36.4 Å². The van der Waals surface area contributed by atoms with E-state index in [-0.39, 0.29) is 11.6 Å². The van der Waals surface area contributed by atoms with Crippen molar-refractivity contribution in [3.63, 3.8) is 0 Å². The monoisotopic (exact) mass is 456 g/mol. The molecule has 8 heteroatoms. The normalized spacial score (nSPS) is 11.5. The topological polar surface area (TPSA) is 99.9 Å². The minimum Gasteiger partial charge on any atom is -0.497 e. The lowest BCUT2D eigenvalue weighted by Gasteiger charge is -2.07. The number of azo groups is 1. The smallest absolute Gasteiger partial charge is 0.296 e. The minimum atomic E-state index is -0.555. The van der Waals surface area contributed by atoms with Crippen LogP contribution >= 0.6 is 11.6 Å². The molecule has 162 valence electrons. The summed E-state index contributed by atoms with van der Waals surface area (Å²) in [5.41, 5.74) is 3.25. The van der Waals surface area contributed by atoms with Crippen molar-refractivity contribution in [2.24, 2.45) is 10.2 Å². The Morgan fingerprint density at radius 1 is 1.03 bits per heavy atom. The van der Waals surface area contributed by atoms with Crippen molar-refractivity contribution in [2.75, 3.05) is 7.11 Å². The zero-order valence-corrected chi connectivity index (χ0v) is 18.2. The number of nitrogens with zero attached hydrogens (tertiary/aromatic N) is 3. The van der Waals surface area contributed by atoms with E-state index in [2.05, 4.69) is 20.2 Å². The Hall–Kier alpha value is -4.23. The quantitative estimate of drug-likeness (QED) is 0.295. The molecule has 2 N–H and O–H groups in total. The van der Waals surface area contributed by atoms with Gasteiger partial charge in [0.1, 0.15) is 5.75 Å². The van der Waals surface area contributed by atoms with Crippen LogP contribution in [0.25, 0.3) is 33.1 Å². The highest BCUT2D eigenvalue weighted by Crippen LogP contribution is 2.37. The van der Waals surface area contributed by atoms with Crippen LogP contribution in [0.15, 0.2) is 83.0 Å². The van der Waals surface area contributed by atoms with Gasteiger partial charge in [-0.15, -0.1) is 10.2 Å². The van der Waals surface area contributed by atoms with Crippen LogP contribution < -0.4 is 4.74 Å². The van der Waals surface area contributed by atoms with E-state index in [9.17, 15) is 9.90 Å². The number of benzene rings is 3. The predicted molar refractivity (Wildman–Crippen MR) is 128 cm³/mol. The van der Waals surface area contributed by atoms with Crippen molar-refractivity contribution in [2.45, 2.75) is 0 Å². The van der Waals surface area contributed by atoms with Gasteiger partial charge in [-0.05, 0) is 42.5 Å². The lowest BCUT2D eigenvalue weighted by molar-refractivity contribution is 0.0996. The molecular formula is C25H17ClN4O3. The fourth-order valence-electron chi connectivity index (χ4n) is 3.64.